The molecule has 0 bridgehead atoms. The first-order chi connectivity index (χ1) is 17.5. The summed E-state index contributed by atoms with van der Waals surface area (Å²) < 4.78 is 46.2. The van der Waals surface area contributed by atoms with E-state index in [0.717, 1.165) is 18.6 Å². The number of pyridine rings is 1. The topological polar surface area (TPSA) is 98.7 Å². The number of ether oxygens (including phenoxy) is 3. The smallest absolute Gasteiger partial charge is 0.246 e. The van der Waals surface area contributed by atoms with Gasteiger partial charge in [-0.15, -0.1) is 0 Å². The van der Waals surface area contributed by atoms with Crippen molar-refractivity contribution < 1.29 is 27.8 Å². The lowest BCUT2D eigenvalue weighted by Gasteiger charge is -2.16. The predicted octanol–water partition coefficient (Wildman–Crippen LogP) is 3.63. The highest BCUT2D eigenvalue weighted by atomic mass is 19.1. The van der Waals surface area contributed by atoms with E-state index in [4.69, 9.17) is 14.2 Å². The first kappa shape index (κ1) is 23.9. The van der Waals surface area contributed by atoms with Crippen LogP contribution in [0, 0.1) is 17.6 Å². The van der Waals surface area contributed by atoms with Crippen LogP contribution in [0.25, 0.3) is 11.0 Å². The number of nitrogens with zero attached hydrogens (tertiary/aromatic N) is 4. The van der Waals surface area contributed by atoms with Gasteiger partial charge in [-0.25, -0.2) is 23.7 Å². The molecule has 1 amide bonds. The fraction of sp³-hybridized carbons (Fsp3) is 0.360. The van der Waals surface area contributed by atoms with Crippen molar-refractivity contribution in [3.63, 3.8) is 0 Å². The second kappa shape index (κ2) is 10.4. The molecule has 5 rings (SSSR count). The Hall–Kier alpha value is -3.86. The Kier molecular flexibility index (Phi) is 6.90. The quantitative estimate of drug-likeness (QED) is 0.471. The first-order valence-electron chi connectivity index (χ1n) is 11.7. The minimum atomic E-state index is -0.703. The molecule has 2 aliphatic rings. The molecule has 0 spiro atoms. The number of hydrogen-bond donors (Lipinski definition) is 1. The van der Waals surface area contributed by atoms with Crippen LogP contribution >= 0.6 is 0 Å². The summed E-state index contributed by atoms with van der Waals surface area (Å²) >= 11 is 0. The third-order valence-corrected chi connectivity index (χ3v) is 6.15. The van der Waals surface area contributed by atoms with E-state index in [9.17, 15) is 13.6 Å². The van der Waals surface area contributed by atoms with Gasteiger partial charge in [-0.2, -0.15) is 0 Å². The van der Waals surface area contributed by atoms with Gasteiger partial charge in [0, 0.05) is 43.7 Å². The normalized spacial score (nSPS) is 19.4. The largest absolute Gasteiger partial charge is 0.490 e. The Morgan fingerprint density at radius 3 is 2.94 bits per heavy atom. The van der Waals surface area contributed by atoms with E-state index in [1.165, 1.54) is 12.4 Å². The van der Waals surface area contributed by atoms with Gasteiger partial charge < -0.3 is 24.4 Å². The van der Waals surface area contributed by atoms with Crippen molar-refractivity contribution in [3.8, 4) is 11.6 Å². The molecule has 1 N–H and O–H groups in total. The van der Waals surface area contributed by atoms with E-state index in [1.807, 2.05) is 0 Å². The van der Waals surface area contributed by atoms with Crippen molar-refractivity contribution in [3.05, 3.63) is 54.9 Å². The molecule has 188 valence electrons. The molecule has 1 aromatic carbocycles. The van der Waals surface area contributed by atoms with Crippen LogP contribution in [-0.4, -0.2) is 64.8 Å². The maximum absolute atomic E-state index is 14.8. The van der Waals surface area contributed by atoms with Crippen molar-refractivity contribution >= 4 is 28.4 Å². The summed E-state index contributed by atoms with van der Waals surface area (Å²) in [5.41, 5.74) is 0.703. The summed E-state index contributed by atoms with van der Waals surface area (Å²) in [5, 5.41) is 2.81. The van der Waals surface area contributed by atoms with Crippen LogP contribution in [0.3, 0.4) is 0 Å². The van der Waals surface area contributed by atoms with E-state index < -0.39 is 11.6 Å². The number of hydrogen-bond acceptors (Lipinski definition) is 8. The van der Waals surface area contributed by atoms with Crippen molar-refractivity contribution in [2.24, 2.45) is 5.92 Å². The maximum atomic E-state index is 14.8. The van der Waals surface area contributed by atoms with Gasteiger partial charge in [0.2, 0.25) is 11.8 Å². The number of amides is 1. The van der Waals surface area contributed by atoms with Crippen LogP contribution < -0.4 is 14.8 Å². The minimum absolute atomic E-state index is 0.119. The molecule has 11 heteroatoms. The summed E-state index contributed by atoms with van der Waals surface area (Å²) in [6, 6.07) is 5.40. The van der Waals surface area contributed by atoms with Gasteiger partial charge in [0.15, 0.2) is 23.2 Å². The Bertz CT molecular complexity index is 1280. The van der Waals surface area contributed by atoms with E-state index in [1.54, 1.807) is 17.0 Å². The highest BCUT2D eigenvalue weighted by Crippen LogP contribution is 2.30. The zero-order valence-corrected chi connectivity index (χ0v) is 19.5. The molecule has 0 saturated carbocycles. The highest BCUT2D eigenvalue weighted by molar-refractivity contribution is 5.88. The van der Waals surface area contributed by atoms with Crippen LogP contribution in [0.4, 0.5) is 20.3 Å². The number of aromatic nitrogens is 3. The van der Waals surface area contributed by atoms with Gasteiger partial charge in [0.1, 0.15) is 17.9 Å². The van der Waals surface area contributed by atoms with Crippen LogP contribution in [0.1, 0.15) is 12.8 Å². The van der Waals surface area contributed by atoms with Gasteiger partial charge >= 0.3 is 0 Å². The second-order valence-corrected chi connectivity index (χ2v) is 8.68. The van der Waals surface area contributed by atoms with Crippen LogP contribution in [-0.2, 0) is 9.53 Å². The summed E-state index contributed by atoms with van der Waals surface area (Å²) in [5.74, 6) is -1.05. The van der Waals surface area contributed by atoms with E-state index in [2.05, 4.69) is 26.8 Å². The number of rotatable bonds is 8. The number of carbonyl (C=O) groups is 1. The van der Waals surface area contributed by atoms with Crippen LogP contribution in [0.2, 0.25) is 0 Å². The van der Waals surface area contributed by atoms with Crippen molar-refractivity contribution in [2.45, 2.75) is 18.9 Å². The zero-order valence-electron chi connectivity index (χ0n) is 19.5. The lowest BCUT2D eigenvalue weighted by atomic mass is 10.1. The van der Waals surface area contributed by atoms with Crippen LogP contribution in [0.15, 0.2) is 43.2 Å². The van der Waals surface area contributed by atoms with E-state index >= 15 is 0 Å². The second-order valence-electron chi connectivity index (χ2n) is 8.68. The Morgan fingerprint density at radius 1 is 1.25 bits per heavy atom. The summed E-state index contributed by atoms with van der Waals surface area (Å²) in [6.45, 7) is 5.95. The lowest BCUT2D eigenvalue weighted by Crippen LogP contribution is -2.29. The lowest BCUT2D eigenvalue weighted by molar-refractivity contribution is -0.125. The van der Waals surface area contributed by atoms with E-state index in [-0.39, 0.29) is 41.8 Å². The molecule has 0 radical (unpaired) electrons. The van der Waals surface area contributed by atoms with Gasteiger partial charge in [-0.1, -0.05) is 6.58 Å². The molecule has 2 aromatic heterocycles. The van der Waals surface area contributed by atoms with Gasteiger partial charge in [-0.3, -0.25) is 4.79 Å². The summed E-state index contributed by atoms with van der Waals surface area (Å²) in [6.07, 6.45) is 3.84. The summed E-state index contributed by atoms with van der Waals surface area (Å²) in [4.78, 5) is 26.3. The average molecular weight is 498 g/mol. The number of carbonyl (C=O) groups excluding carboxylic acids is 1. The first-order valence-corrected chi connectivity index (χ1v) is 11.7. The number of benzene rings is 1. The average Bonchev–Trinajstić information content (AvgIpc) is 3.57. The molecule has 2 saturated heterocycles. The number of likely N-dealkylation sites (tertiary alicyclic amines) is 1. The van der Waals surface area contributed by atoms with Gasteiger partial charge in [0.05, 0.1) is 31.0 Å². The third kappa shape index (κ3) is 5.20. The van der Waals surface area contributed by atoms with Crippen LogP contribution in [0.5, 0.6) is 11.6 Å². The Labute approximate surface area is 206 Å². The highest BCUT2D eigenvalue weighted by Gasteiger charge is 2.27. The Balaban J connectivity index is 1.32. The third-order valence-electron chi connectivity index (χ3n) is 6.15. The monoisotopic (exact) mass is 497 g/mol. The molecule has 36 heavy (non-hydrogen) atoms. The van der Waals surface area contributed by atoms with Crippen molar-refractivity contribution in [2.75, 3.05) is 38.2 Å². The zero-order chi connectivity index (χ0) is 25.1. The Morgan fingerprint density at radius 2 is 2.14 bits per heavy atom. The van der Waals surface area contributed by atoms with E-state index in [0.29, 0.717) is 49.6 Å². The fourth-order valence-electron chi connectivity index (χ4n) is 4.19. The molecular weight excluding hydrogens is 472 g/mol. The predicted molar refractivity (Wildman–Crippen MR) is 127 cm³/mol. The van der Waals surface area contributed by atoms with Crippen molar-refractivity contribution in [1.29, 1.82) is 0 Å². The van der Waals surface area contributed by atoms with Gasteiger partial charge in [-0.05, 0) is 18.6 Å². The molecule has 4 heterocycles. The number of nitrogens with one attached hydrogen (secondary N) is 1. The summed E-state index contributed by atoms with van der Waals surface area (Å²) in [7, 11) is 0. The standard InChI is InChI=1S/C25H25F2N5O4/c1-2-23(33)32-7-5-16(11-32)36-22-4-3-19-24(31-22)25(29-14-28-19)30-20-9-18(27)21(10-17(20)26)35-13-15-6-8-34-12-15/h2-4,9-10,14-16H,1,5-8,11-13H2,(H,28,29,30)/t15-,16+/m1/s1. The number of fused-ring (bicyclic) bond motifs is 1. The molecule has 2 aliphatic heterocycles. The SMILES string of the molecule is C=CC(=O)N1CC[C@H](Oc2ccc3ncnc(Nc4cc(F)c(OC[C@@H]5CCOC5)cc4F)c3n2)C1. The fourth-order valence-corrected chi connectivity index (χ4v) is 4.19. The number of halogens is 2. The molecule has 9 nitrogen and oxygen atoms in total. The van der Waals surface area contributed by atoms with Crippen molar-refractivity contribution in [1.82, 2.24) is 19.9 Å². The molecular formula is C25H25F2N5O4. The number of anilines is 2. The molecule has 3 aromatic rings. The molecule has 0 aliphatic carbocycles. The molecule has 2 fully saturated rings. The maximum Gasteiger partial charge on any atom is 0.246 e. The minimum Gasteiger partial charge on any atom is -0.490 e. The molecule has 0 unspecified atom stereocenters. The van der Waals surface area contributed by atoms with Gasteiger partial charge in [0.25, 0.3) is 0 Å². The molecule has 2 atom stereocenters.